The van der Waals surface area contributed by atoms with E-state index in [4.69, 9.17) is 0 Å². The van der Waals surface area contributed by atoms with Gasteiger partial charge in [-0.2, -0.15) is 0 Å². The monoisotopic (exact) mass is 916 g/mol. The van der Waals surface area contributed by atoms with Crippen molar-refractivity contribution in [3.05, 3.63) is 291 Å². The Labute approximate surface area is 420 Å². The van der Waals surface area contributed by atoms with E-state index in [1.165, 1.54) is 71.6 Å². The van der Waals surface area contributed by atoms with Crippen molar-refractivity contribution in [1.29, 1.82) is 0 Å². The van der Waals surface area contributed by atoms with Crippen LogP contribution in [-0.4, -0.2) is 4.57 Å². The molecule has 0 unspecified atom stereocenters. The van der Waals surface area contributed by atoms with Gasteiger partial charge in [0.2, 0.25) is 0 Å². The summed E-state index contributed by atoms with van der Waals surface area (Å²) in [7, 11) is 0. The van der Waals surface area contributed by atoms with E-state index in [9.17, 15) is 0 Å². The number of para-hydroxylation sites is 2. The summed E-state index contributed by atoms with van der Waals surface area (Å²) in [6, 6.07) is 106. The Hall–Kier alpha value is -9.50. The zero-order valence-electron chi connectivity index (χ0n) is 39.6. The molecule has 13 rings (SSSR count). The second-order valence-electron chi connectivity index (χ2n) is 18.5. The van der Waals surface area contributed by atoms with E-state index in [1.807, 2.05) is 0 Å². The minimum absolute atomic E-state index is 1.07. The van der Waals surface area contributed by atoms with Crippen LogP contribution in [0.25, 0.3) is 105 Å². The highest BCUT2D eigenvalue weighted by Gasteiger charge is 2.22. The third-order valence-corrected chi connectivity index (χ3v) is 14.2. The Bertz CT molecular complexity index is 3960. The molecule has 0 fully saturated rings. The molecular weight excluding hydrogens is 869 g/mol. The molecule has 13 aromatic rings. The SMILES string of the molecule is c1ccc(-c2cccc(-c3ccc(N(c4ccc(-c5ccc6ccccc6c5)cc4)c4ccccc4-c4ccccc4-n4c5cc(-c6ccccc6)ccc5c5ccc(-c6ccccc6)cc54)cc3)c2)cc1. The molecule has 0 spiro atoms. The van der Waals surface area contributed by atoms with Gasteiger partial charge < -0.3 is 9.47 Å². The topological polar surface area (TPSA) is 8.17 Å². The Balaban J connectivity index is 0.984. The van der Waals surface area contributed by atoms with Gasteiger partial charge >= 0.3 is 0 Å². The van der Waals surface area contributed by atoms with Crippen LogP contribution < -0.4 is 4.90 Å². The molecule has 12 aromatic carbocycles. The lowest BCUT2D eigenvalue weighted by Crippen LogP contribution is -2.11. The first kappa shape index (κ1) is 42.6. The summed E-state index contributed by atoms with van der Waals surface area (Å²) in [5.74, 6) is 0. The molecule has 2 nitrogen and oxygen atoms in total. The number of hydrogen-bond acceptors (Lipinski definition) is 1. The normalized spacial score (nSPS) is 11.3. The van der Waals surface area contributed by atoms with Crippen molar-refractivity contribution < 1.29 is 0 Å². The molecule has 0 radical (unpaired) electrons. The van der Waals surface area contributed by atoms with Gasteiger partial charge in [0, 0.05) is 33.3 Å². The second-order valence-corrected chi connectivity index (χ2v) is 18.5. The van der Waals surface area contributed by atoms with E-state index in [2.05, 4.69) is 301 Å². The van der Waals surface area contributed by atoms with Gasteiger partial charge in [-0.1, -0.05) is 231 Å². The van der Waals surface area contributed by atoms with Gasteiger partial charge in [0.15, 0.2) is 0 Å². The summed E-state index contributed by atoms with van der Waals surface area (Å²) in [4.78, 5) is 2.42. The van der Waals surface area contributed by atoms with Crippen LogP contribution in [0.2, 0.25) is 0 Å². The standard InChI is InChI=1S/C70H48N2/c1-4-17-49(18-5-1)56-25-16-26-57(45-56)53-33-39-61(40-34-53)71(62-41-35-54(36-42-62)58-32-31-52-23-10-11-24-55(52)46-58)67-29-14-12-27-63(67)64-28-13-15-30-68(64)72-69-47-59(50-19-6-2-7-20-50)37-43-65(69)66-44-38-60(48-70(66)72)51-21-8-3-9-22-51/h1-48H. The molecule has 0 saturated heterocycles. The third-order valence-electron chi connectivity index (χ3n) is 14.2. The van der Waals surface area contributed by atoms with Crippen LogP contribution in [0.4, 0.5) is 17.1 Å². The first-order chi connectivity index (χ1) is 35.7. The molecule has 0 aliphatic carbocycles. The maximum atomic E-state index is 2.50. The number of anilines is 3. The van der Waals surface area contributed by atoms with Crippen LogP contribution in [0, 0.1) is 0 Å². The Morgan fingerprint density at radius 1 is 0.236 bits per heavy atom. The average Bonchev–Trinajstić information content (AvgIpc) is 3.79. The van der Waals surface area contributed by atoms with Gasteiger partial charge in [-0.3, -0.25) is 0 Å². The molecule has 0 saturated carbocycles. The van der Waals surface area contributed by atoms with Crippen molar-refractivity contribution in [2.24, 2.45) is 0 Å². The van der Waals surface area contributed by atoms with Gasteiger partial charge in [0.1, 0.15) is 0 Å². The van der Waals surface area contributed by atoms with Gasteiger partial charge in [-0.15, -0.1) is 0 Å². The first-order valence-corrected chi connectivity index (χ1v) is 24.7. The quantitative estimate of drug-likeness (QED) is 0.133. The summed E-state index contributed by atoms with van der Waals surface area (Å²) in [6.45, 7) is 0. The van der Waals surface area contributed by atoms with Crippen molar-refractivity contribution in [1.82, 2.24) is 4.57 Å². The summed E-state index contributed by atoms with van der Waals surface area (Å²) in [5.41, 5.74) is 20.8. The van der Waals surface area contributed by atoms with Gasteiger partial charge in [-0.05, 0) is 127 Å². The van der Waals surface area contributed by atoms with Crippen LogP contribution in [0.1, 0.15) is 0 Å². The molecule has 0 N–H and O–H groups in total. The zero-order chi connectivity index (χ0) is 47.8. The van der Waals surface area contributed by atoms with Gasteiger partial charge in [0.05, 0.1) is 22.4 Å². The van der Waals surface area contributed by atoms with Crippen LogP contribution in [0.5, 0.6) is 0 Å². The molecule has 0 bridgehead atoms. The van der Waals surface area contributed by atoms with Gasteiger partial charge in [0.25, 0.3) is 0 Å². The highest BCUT2D eigenvalue weighted by Crippen LogP contribution is 2.46. The van der Waals surface area contributed by atoms with Crippen LogP contribution in [-0.2, 0) is 0 Å². The van der Waals surface area contributed by atoms with Crippen molar-refractivity contribution in [3.63, 3.8) is 0 Å². The molecule has 1 heterocycles. The van der Waals surface area contributed by atoms with Crippen molar-refractivity contribution >= 4 is 49.6 Å². The van der Waals surface area contributed by atoms with E-state index in [0.29, 0.717) is 0 Å². The molecular formula is C70H48N2. The lowest BCUT2D eigenvalue weighted by atomic mass is 9.97. The van der Waals surface area contributed by atoms with E-state index in [1.54, 1.807) is 0 Å². The Morgan fingerprint density at radius 2 is 0.625 bits per heavy atom. The predicted molar refractivity (Wildman–Crippen MR) is 306 cm³/mol. The van der Waals surface area contributed by atoms with Crippen molar-refractivity contribution in [2.45, 2.75) is 0 Å². The Kier molecular flexibility index (Phi) is 10.9. The molecule has 338 valence electrons. The highest BCUT2D eigenvalue weighted by molar-refractivity contribution is 6.12. The van der Waals surface area contributed by atoms with E-state index >= 15 is 0 Å². The van der Waals surface area contributed by atoms with Crippen molar-refractivity contribution in [3.8, 4) is 72.4 Å². The van der Waals surface area contributed by atoms with E-state index in [-0.39, 0.29) is 0 Å². The number of hydrogen-bond donors (Lipinski definition) is 0. The van der Waals surface area contributed by atoms with Crippen LogP contribution >= 0.6 is 0 Å². The molecule has 0 aliphatic heterocycles. The Morgan fingerprint density at radius 3 is 1.18 bits per heavy atom. The second kappa shape index (κ2) is 18.4. The minimum Gasteiger partial charge on any atom is -0.310 e. The third kappa shape index (κ3) is 7.92. The summed E-state index contributed by atoms with van der Waals surface area (Å²) in [6.07, 6.45) is 0. The number of fused-ring (bicyclic) bond motifs is 4. The fraction of sp³-hybridized carbons (Fsp3) is 0. The van der Waals surface area contributed by atoms with E-state index < -0.39 is 0 Å². The summed E-state index contributed by atoms with van der Waals surface area (Å²) >= 11 is 0. The average molecular weight is 917 g/mol. The van der Waals surface area contributed by atoms with Crippen LogP contribution in [0.3, 0.4) is 0 Å². The molecule has 0 amide bonds. The fourth-order valence-corrected chi connectivity index (χ4v) is 10.6. The predicted octanol–water partition coefficient (Wildman–Crippen LogP) is 19.4. The fourth-order valence-electron chi connectivity index (χ4n) is 10.6. The molecule has 0 aliphatic rings. The largest absolute Gasteiger partial charge is 0.310 e. The lowest BCUT2D eigenvalue weighted by molar-refractivity contribution is 1.18. The summed E-state index contributed by atoms with van der Waals surface area (Å²) in [5, 5.41) is 4.91. The van der Waals surface area contributed by atoms with E-state index in [0.717, 1.165) is 50.5 Å². The number of aromatic nitrogens is 1. The molecule has 1 aromatic heterocycles. The maximum Gasteiger partial charge on any atom is 0.0547 e. The minimum atomic E-state index is 1.07. The molecule has 0 atom stereocenters. The highest BCUT2D eigenvalue weighted by atomic mass is 15.1. The van der Waals surface area contributed by atoms with Crippen molar-refractivity contribution in [2.75, 3.05) is 4.90 Å². The smallest absolute Gasteiger partial charge is 0.0547 e. The van der Waals surface area contributed by atoms with Gasteiger partial charge in [-0.25, -0.2) is 0 Å². The zero-order valence-corrected chi connectivity index (χ0v) is 39.6. The molecule has 72 heavy (non-hydrogen) atoms. The maximum absolute atomic E-state index is 2.50. The number of benzene rings is 12. The summed E-state index contributed by atoms with van der Waals surface area (Å²) < 4.78 is 2.50. The van der Waals surface area contributed by atoms with Crippen LogP contribution in [0.15, 0.2) is 291 Å². The lowest BCUT2D eigenvalue weighted by Gasteiger charge is -2.29. The first-order valence-electron chi connectivity index (χ1n) is 24.7. The molecule has 2 heteroatoms. The number of rotatable bonds is 10. The number of nitrogens with zero attached hydrogens (tertiary/aromatic N) is 2.